The lowest BCUT2D eigenvalue weighted by atomic mass is 10.1. The van der Waals surface area contributed by atoms with Gasteiger partial charge in [0.15, 0.2) is 6.04 Å². The van der Waals surface area contributed by atoms with Crippen LogP contribution in [0.15, 0.2) is 28.7 Å². The average Bonchev–Trinajstić information content (AvgIpc) is 2.85. The van der Waals surface area contributed by atoms with Gasteiger partial charge in [0, 0.05) is 12.5 Å². The van der Waals surface area contributed by atoms with Crippen LogP contribution in [0, 0.1) is 6.92 Å². The van der Waals surface area contributed by atoms with E-state index in [1.165, 1.54) is 6.92 Å². The Balaban J connectivity index is 2.29. The van der Waals surface area contributed by atoms with Crippen LogP contribution in [0.5, 0.6) is 0 Å². The van der Waals surface area contributed by atoms with Crippen LogP contribution >= 0.6 is 0 Å². The summed E-state index contributed by atoms with van der Waals surface area (Å²) in [5, 5.41) is 9.97. The van der Waals surface area contributed by atoms with Gasteiger partial charge >= 0.3 is 0 Å². The van der Waals surface area contributed by atoms with E-state index in [0.29, 0.717) is 0 Å². The van der Waals surface area contributed by atoms with Crippen molar-refractivity contribution in [2.24, 2.45) is 5.73 Å². The van der Waals surface area contributed by atoms with Crippen molar-refractivity contribution in [3.05, 3.63) is 35.7 Å². The summed E-state index contributed by atoms with van der Waals surface area (Å²) in [5.41, 5.74) is 7.02. The van der Waals surface area contributed by atoms with Crippen LogP contribution in [0.2, 0.25) is 0 Å². The van der Waals surface area contributed by atoms with E-state index in [0.717, 1.165) is 11.1 Å². The Kier molecular flexibility index (Phi) is 3.79. The highest BCUT2D eigenvalue weighted by Crippen LogP contribution is 2.21. The fourth-order valence-electron chi connectivity index (χ4n) is 1.62. The largest absolute Gasteiger partial charge is 0.418 e. The summed E-state index contributed by atoms with van der Waals surface area (Å²) < 4.78 is 5.40. The number of nitrogens with zero attached hydrogens (tertiary/aromatic N) is 2. The molecular weight excluding hydrogens is 260 g/mol. The van der Waals surface area contributed by atoms with Crippen LogP contribution in [0.3, 0.4) is 0 Å². The van der Waals surface area contributed by atoms with E-state index in [9.17, 15) is 9.59 Å². The Hall–Kier alpha value is -2.70. The number of carbonyl (C=O) groups excluding carboxylic acids is 2. The topological polar surface area (TPSA) is 111 Å². The summed E-state index contributed by atoms with van der Waals surface area (Å²) >= 11 is 0. The van der Waals surface area contributed by atoms with Crippen molar-refractivity contribution in [3.63, 3.8) is 0 Å². The quantitative estimate of drug-likeness (QED) is 0.852. The highest BCUT2D eigenvalue weighted by Gasteiger charge is 2.25. The molecule has 0 saturated heterocycles. The summed E-state index contributed by atoms with van der Waals surface area (Å²) in [4.78, 5) is 22.3. The van der Waals surface area contributed by atoms with Gasteiger partial charge in [-0.1, -0.05) is 17.7 Å². The Bertz CT molecular complexity index is 633. The van der Waals surface area contributed by atoms with Gasteiger partial charge in [-0.15, -0.1) is 10.2 Å². The third-order valence-electron chi connectivity index (χ3n) is 2.62. The maximum atomic E-state index is 11.3. The van der Waals surface area contributed by atoms with E-state index in [1.54, 1.807) is 0 Å². The number of hydrogen-bond acceptors (Lipinski definition) is 5. The Morgan fingerprint density at radius 1 is 1.25 bits per heavy atom. The van der Waals surface area contributed by atoms with Crippen molar-refractivity contribution in [1.29, 1.82) is 0 Å². The van der Waals surface area contributed by atoms with Gasteiger partial charge < -0.3 is 15.5 Å². The molecule has 1 aromatic heterocycles. The molecule has 1 aromatic carbocycles. The van der Waals surface area contributed by atoms with Gasteiger partial charge in [-0.25, -0.2) is 0 Å². The average molecular weight is 274 g/mol. The molecule has 0 spiro atoms. The van der Waals surface area contributed by atoms with E-state index >= 15 is 0 Å². The second kappa shape index (κ2) is 5.52. The number of aromatic nitrogens is 2. The molecule has 7 heteroatoms. The lowest BCUT2D eigenvalue weighted by Crippen LogP contribution is -2.36. The van der Waals surface area contributed by atoms with E-state index in [2.05, 4.69) is 15.5 Å². The zero-order valence-electron chi connectivity index (χ0n) is 11.1. The highest BCUT2D eigenvalue weighted by molar-refractivity contribution is 5.85. The standard InChI is InChI=1S/C13H14N4O3/c1-7-3-5-9(6-4-7)12-16-17-13(20-12)10(11(14)19)15-8(2)18/h3-6,10H,1-2H3,(H2,14,19)(H,15,18)/t10-/m1/s1. The Morgan fingerprint density at radius 3 is 2.45 bits per heavy atom. The monoisotopic (exact) mass is 274 g/mol. The van der Waals surface area contributed by atoms with Crippen LogP contribution in [0.25, 0.3) is 11.5 Å². The molecule has 104 valence electrons. The van der Waals surface area contributed by atoms with Gasteiger partial charge in [-0.05, 0) is 19.1 Å². The fourth-order valence-corrected chi connectivity index (χ4v) is 1.62. The number of hydrogen-bond donors (Lipinski definition) is 2. The number of carbonyl (C=O) groups is 2. The van der Waals surface area contributed by atoms with Crippen LogP contribution in [0.4, 0.5) is 0 Å². The van der Waals surface area contributed by atoms with Crippen molar-refractivity contribution in [1.82, 2.24) is 15.5 Å². The van der Waals surface area contributed by atoms with Gasteiger partial charge in [0.05, 0.1) is 0 Å². The SMILES string of the molecule is CC(=O)N[C@H](C(N)=O)c1nnc(-c2ccc(C)cc2)o1. The van der Waals surface area contributed by atoms with Gasteiger partial charge in [0.2, 0.25) is 23.6 Å². The molecule has 0 saturated carbocycles. The molecule has 0 unspecified atom stereocenters. The third-order valence-corrected chi connectivity index (χ3v) is 2.62. The number of benzene rings is 1. The van der Waals surface area contributed by atoms with E-state index in [1.807, 2.05) is 31.2 Å². The first-order valence-corrected chi connectivity index (χ1v) is 5.94. The number of nitrogens with two attached hydrogens (primary N) is 1. The van der Waals surface area contributed by atoms with Crippen LogP contribution in [-0.4, -0.2) is 22.0 Å². The van der Waals surface area contributed by atoms with Crippen molar-refractivity contribution in [2.75, 3.05) is 0 Å². The zero-order chi connectivity index (χ0) is 14.7. The van der Waals surface area contributed by atoms with Crippen LogP contribution in [-0.2, 0) is 9.59 Å². The number of aryl methyl sites for hydroxylation is 1. The Morgan fingerprint density at radius 2 is 1.90 bits per heavy atom. The molecule has 0 aliphatic rings. The normalized spacial score (nSPS) is 11.9. The third kappa shape index (κ3) is 3.00. The molecule has 0 aliphatic heterocycles. The molecule has 3 N–H and O–H groups in total. The molecule has 0 aliphatic carbocycles. The second-order valence-electron chi connectivity index (χ2n) is 4.35. The zero-order valence-corrected chi connectivity index (χ0v) is 11.1. The van der Waals surface area contributed by atoms with Crippen molar-refractivity contribution in [2.45, 2.75) is 19.9 Å². The first-order valence-electron chi connectivity index (χ1n) is 5.94. The number of nitrogens with one attached hydrogen (secondary N) is 1. The summed E-state index contributed by atoms with van der Waals surface area (Å²) in [6.45, 7) is 3.23. The Labute approximate surface area is 115 Å². The summed E-state index contributed by atoms with van der Waals surface area (Å²) in [7, 11) is 0. The van der Waals surface area contributed by atoms with Crippen molar-refractivity contribution >= 4 is 11.8 Å². The van der Waals surface area contributed by atoms with Crippen LogP contribution in [0.1, 0.15) is 24.4 Å². The van der Waals surface area contributed by atoms with E-state index in [4.69, 9.17) is 10.2 Å². The van der Waals surface area contributed by atoms with Gasteiger partial charge in [-0.2, -0.15) is 0 Å². The fraction of sp³-hybridized carbons (Fsp3) is 0.231. The molecule has 1 heterocycles. The van der Waals surface area contributed by atoms with Gasteiger partial charge in [0.1, 0.15) is 0 Å². The molecule has 0 radical (unpaired) electrons. The smallest absolute Gasteiger partial charge is 0.249 e. The molecule has 20 heavy (non-hydrogen) atoms. The number of primary amides is 1. The van der Waals surface area contributed by atoms with Gasteiger partial charge in [0.25, 0.3) is 0 Å². The summed E-state index contributed by atoms with van der Waals surface area (Å²) in [6, 6.07) is 6.32. The molecular formula is C13H14N4O3. The minimum absolute atomic E-state index is 0.0386. The van der Waals surface area contributed by atoms with E-state index in [-0.39, 0.29) is 11.8 Å². The molecule has 0 bridgehead atoms. The minimum Gasteiger partial charge on any atom is -0.418 e. The highest BCUT2D eigenvalue weighted by atomic mass is 16.4. The molecule has 0 fully saturated rings. The predicted molar refractivity (Wildman–Crippen MR) is 70.2 cm³/mol. The van der Waals surface area contributed by atoms with Crippen LogP contribution < -0.4 is 11.1 Å². The molecule has 7 nitrogen and oxygen atoms in total. The van der Waals surface area contributed by atoms with Crippen molar-refractivity contribution < 1.29 is 14.0 Å². The number of amides is 2. The lowest BCUT2D eigenvalue weighted by molar-refractivity contribution is -0.126. The maximum absolute atomic E-state index is 11.3. The molecule has 2 rings (SSSR count). The first kappa shape index (κ1) is 13.7. The van der Waals surface area contributed by atoms with E-state index < -0.39 is 17.9 Å². The maximum Gasteiger partial charge on any atom is 0.249 e. The minimum atomic E-state index is -1.13. The first-order chi connectivity index (χ1) is 9.47. The molecule has 2 amide bonds. The molecule has 2 aromatic rings. The lowest BCUT2D eigenvalue weighted by Gasteiger charge is -2.08. The summed E-state index contributed by atoms with van der Waals surface area (Å²) in [5.74, 6) is -0.955. The van der Waals surface area contributed by atoms with Gasteiger partial charge in [-0.3, -0.25) is 9.59 Å². The van der Waals surface area contributed by atoms with Crippen molar-refractivity contribution in [3.8, 4) is 11.5 Å². The summed E-state index contributed by atoms with van der Waals surface area (Å²) in [6.07, 6.45) is 0. The predicted octanol–water partition coefficient (Wildman–Crippen LogP) is 0.708. The second-order valence-corrected chi connectivity index (χ2v) is 4.35. The number of rotatable bonds is 4. The molecule has 1 atom stereocenters.